The number of hydrazine groups is 2. The van der Waals surface area contributed by atoms with Crippen molar-refractivity contribution in [3.8, 4) is 6.07 Å². The SMILES string of the molecule is N#Cc1c(Br)ccnc1C(N)(Cc1ccc2ccccc2c1)N(NCc1ccccc1)NCc1ccccc1. The van der Waals surface area contributed by atoms with Crippen molar-refractivity contribution in [2.24, 2.45) is 5.73 Å². The van der Waals surface area contributed by atoms with Crippen LogP contribution in [0.1, 0.15) is 27.9 Å². The zero-order chi connectivity index (χ0) is 27.1. The minimum atomic E-state index is -1.24. The molecule has 6 nitrogen and oxygen atoms in total. The Balaban J connectivity index is 1.58. The molecule has 1 aromatic heterocycles. The molecule has 1 unspecified atom stereocenters. The largest absolute Gasteiger partial charge is 0.306 e. The first-order chi connectivity index (χ1) is 19.1. The fraction of sp³-hybridized carbons (Fsp3) is 0.125. The fourth-order valence-corrected chi connectivity index (χ4v) is 5.07. The van der Waals surface area contributed by atoms with Crippen LogP contribution in [0.3, 0.4) is 0 Å². The van der Waals surface area contributed by atoms with E-state index in [0.29, 0.717) is 35.2 Å². The standard InChI is InChI=1S/C32H29BrN6/c33-30-17-18-36-31(29(30)21-34)32(35,20-26-15-16-27-13-7-8-14-28(27)19-26)39(37-22-24-9-3-1-4-10-24)38-23-25-11-5-2-6-12-25/h1-19,37-38H,20,22-23,35H2. The van der Waals surface area contributed by atoms with Gasteiger partial charge in [-0.15, -0.1) is 0 Å². The van der Waals surface area contributed by atoms with Gasteiger partial charge in [0.2, 0.25) is 0 Å². The lowest BCUT2D eigenvalue weighted by Crippen LogP contribution is -2.65. The number of fused-ring (bicyclic) bond motifs is 1. The summed E-state index contributed by atoms with van der Waals surface area (Å²) in [7, 11) is 0. The van der Waals surface area contributed by atoms with Gasteiger partial charge in [0.05, 0.1) is 11.3 Å². The molecule has 0 radical (unpaired) electrons. The first-order valence-corrected chi connectivity index (χ1v) is 13.5. The van der Waals surface area contributed by atoms with Gasteiger partial charge in [-0.2, -0.15) is 10.4 Å². The first-order valence-electron chi connectivity index (χ1n) is 12.7. The van der Waals surface area contributed by atoms with Crippen LogP contribution >= 0.6 is 15.9 Å². The van der Waals surface area contributed by atoms with Crippen LogP contribution in [-0.2, 0) is 25.2 Å². The molecule has 1 heterocycles. The Kier molecular flexibility index (Phi) is 8.42. The highest BCUT2D eigenvalue weighted by atomic mass is 79.9. The average Bonchev–Trinajstić information content (AvgIpc) is 2.98. The number of aromatic nitrogens is 1. The van der Waals surface area contributed by atoms with Gasteiger partial charge in [0.1, 0.15) is 11.7 Å². The molecule has 0 fully saturated rings. The molecule has 0 spiro atoms. The molecule has 7 heteroatoms. The van der Waals surface area contributed by atoms with Gasteiger partial charge in [0, 0.05) is 30.2 Å². The summed E-state index contributed by atoms with van der Waals surface area (Å²) in [4.78, 5) is 4.67. The van der Waals surface area contributed by atoms with Gasteiger partial charge in [0.25, 0.3) is 0 Å². The minimum Gasteiger partial charge on any atom is -0.306 e. The third-order valence-electron chi connectivity index (χ3n) is 6.68. The Morgan fingerprint density at radius 2 is 1.36 bits per heavy atom. The van der Waals surface area contributed by atoms with E-state index in [-0.39, 0.29) is 0 Å². The summed E-state index contributed by atoms with van der Waals surface area (Å²) < 4.78 is 0.648. The van der Waals surface area contributed by atoms with E-state index >= 15 is 0 Å². The lowest BCUT2D eigenvalue weighted by molar-refractivity contribution is -0.0287. The third kappa shape index (κ3) is 6.23. The second kappa shape index (κ2) is 12.3. The third-order valence-corrected chi connectivity index (χ3v) is 7.34. The van der Waals surface area contributed by atoms with Crippen molar-refractivity contribution in [2.45, 2.75) is 25.2 Å². The molecule has 0 saturated carbocycles. The van der Waals surface area contributed by atoms with Crippen molar-refractivity contribution in [2.75, 3.05) is 0 Å². The average molecular weight is 578 g/mol. The zero-order valence-corrected chi connectivity index (χ0v) is 23.0. The van der Waals surface area contributed by atoms with Crippen LogP contribution in [0.4, 0.5) is 0 Å². The highest BCUT2D eigenvalue weighted by molar-refractivity contribution is 9.10. The predicted molar refractivity (Wildman–Crippen MR) is 159 cm³/mol. The molecular formula is C32H29BrN6. The Labute approximate surface area is 237 Å². The van der Waals surface area contributed by atoms with E-state index in [1.54, 1.807) is 12.3 Å². The van der Waals surface area contributed by atoms with Crippen LogP contribution in [0, 0.1) is 11.3 Å². The summed E-state index contributed by atoms with van der Waals surface area (Å²) in [5.74, 6) is 0. The van der Waals surface area contributed by atoms with Gasteiger partial charge in [-0.05, 0) is 49.5 Å². The van der Waals surface area contributed by atoms with Crippen LogP contribution < -0.4 is 16.6 Å². The molecular weight excluding hydrogens is 548 g/mol. The Bertz CT molecular complexity index is 1540. The number of halogens is 1. The molecule has 5 aromatic rings. The maximum Gasteiger partial charge on any atom is 0.146 e. The topological polar surface area (TPSA) is 90.0 Å². The first kappa shape index (κ1) is 26.7. The highest BCUT2D eigenvalue weighted by Gasteiger charge is 2.39. The monoisotopic (exact) mass is 576 g/mol. The van der Waals surface area contributed by atoms with Crippen LogP contribution in [-0.4, -0.2) is 10.1 Å². The summed E-state index contributed by atoms with van der Waals surface area (Å²) in [5.41, 5.74) is 17.2. The van der Waals surface area contributed by atoms with Gasteiger partial charge < -0.3 is 5.73 Å². The number of benzene rings is 4. The summed E-state index contributed by atoms with van der Waals surface area (Å²) >= 11 is 3.54. The molecule has 0 aliphatic carbocycles. The molecule has 0 saturated heterocycles. The van der Waals surface area contributed by atoms with Crippen LogP contribution in [0.25, 0.3) is 10.8 Å². The van der Waals surface area contributed by atoms with Crippen molar-refractivity contribution >= 4 is 26.7 Å². The van der Waals surface area contributed by atoms with E-state index < -0.39 is 5.66 Å². The Morgan fingerprint density at radius 3 is 1.97 bits per heavy atom. The summed E-state index contributed by atoms with van der Waals surface area (Å²) in [5, 5.41) is 14.2. The van der Waals surface area contributed by atoms with Gasteiger partial charge in [0.15, 0.2) is 0 Å². The summed E-state index contributed by atoms with van der Waals surface area (Å²) in [6.45, 7) is 1.05. The van der Waals surface area contributed by atoms with E-state index in [1.807, 2.05) is 53.6 Å². The van der Waals surface area contributed by atoms with Crippen molar-refractivity contribution in [3.63, 3.8) is 0 Å². The van der Waals surface area contributed by atoms with E-state index in [9.17, 15) is 5.26 Å². The number of nitrogens with zero attached hydrogens (tertiary/aromatic N) is 3. The minimum absolute atomic E-state index is 0.388. The molecule has 0 aliphatic rings. The van der Waals surface area contributed by atoms with Gasteiger partial charge in [-0.3, -0.25) is 4.98 Å². The molecule has 0 amide bonds. The van der Waals surface area contributed by atoms with E-state index in [4.69, 9.17) is 5.73 Å². The zero-order valence-electron chi connectivity index (χ0n) is 21.4. The Hall–Kier alpha value is -3.90. The molecule has 1 atom stereocenters. The summed E-state index contributed by atoms with van der Waals surface area (Å²) in [6.07, 6.45) is 2.06. The van der Waals surface area contributed by atoms with E-state index in [0.717, 1.165) is 27.5 Å². The molecule has 0 bridgehead atoms. The van der Waals surface area contributed by atoms with Crippen LogP contribution in [0.2, 0.25) is 0 Å². The number of hydrogen-bond acceptors (Lipinski definition) is 6. The Morgan fingerprint density at radius 1 is 0.769 bits per heavy atom. The van der Waals surface area contributed by atoms with E-state index in [2.05, 4.69) is 92.4 Å². The van der Waals surface area contributed by atoms with Crippen molar-refractivity contribution < 1.29 is 0 Å². The van der Waals surface area contributed by atoms with Crippen LogP contribution in [0.15, 0.2) is 120 Å². The maximum absolute atomic E-state index is 10.1. The maximum atomic E-state index is 10.1. The number of nitrogens with one attached hydrogen (secondary N) is 2. The molecule has 4 aromatic carbocycles. The predicted octanol–water partition coefficient (Wildman–Crippen LogP) is 5.93. The van der Waals surface area contributed by atoms with Crippen molar-refractivity contribution in [3.05, 3.63) is 148 Å². The van der Waals surface area contributed by atoms with Crippen molar-refractivity contribution in [1.82, 2.24) is 21.0 Å². The second-order valence-electron chi connectivity index (χ2n) is 9.39. The molecule has 39 heavy (non-hydrogen) atoms. The molecule has 0 aliphatic heterocycles. The molecule has 4 N–H and O–H groups in total. The number of hydrogen-bond donors (Lipinski definition) is 3. The second-order valence-corrected chi connectivity index (χ2v) is 10.2. The van der Waals surface area contributed by atoms with Gasteiger partial charge in [-0.25, -0.2) is 10.9 Å². The quantitative estimate of drug-likeness (QED) is 0.141. The number of rotatable bonds is 10. The van der Waals surface area contributed by atoms with Gasteiger partial charge in [-0.1, -0.05) is 103 Å². The lowest BCUT2D eigenvalue weighted by atomic mass is 9.92. The molecule has 5 rings (SSSR count). The fourth-order valence-electron chi connectivity index (χ4n) is 4.67. The smallest absolute Gasteiger partial charge is 0.146 e. The highest BCUT2D eigenvalue weighted by Crippen LogP contribution is 2.31. The van der Waals surface area contributed by atoms with Crippen LogP contribution in [0.5, 0.6) is 0 Å². The molecule has 194 valence electrons. The number of nitrogens with two attached hydrogens (primary N) is 1. The number of nitriles is 1. The normalized spacial score (nSPS) is 12.8. The van der Waals surface area contributed by atoms with Crippen molar-refractivity contribution in [1.29, 1.82) is 5.26 Å². The van der Waals surface area contributed by atoms with Gasteiger partial charge >= 0.3 is 0 Å². The summed E-state index contributed by atoms with van der Waals surface area (Å²) in [6, 6.07) is 38.9. The lowest BCUT2D eigenvalue weighted by Gasteiger charge is -2.41. The number of pyridine rings is 1. The van der Waals surface area contributed by atoms with E-state index in [1.165, 1.54) is 0 Å².